The Balaban J connectivity index is 1.31. The van der Waals surface area contributed by atoms with Crippen LogP contribution in [0, 0.1) is 6.92 Å². The Hall–Kier alpha value is -1.26. The van der Waals surface area contributed by atoms with Gasteiger partial charge in [0, 0.05) is 24.2 Å². The van der Waals surface area contributed by atoms with Crippen LogP contribution in [0.25, 0.3) is 0 Å². The Bertz CT molecular complexity index is 749. The van der Waals surface area contributed by atoms with Gasteiger partial charge in [-0.05, 0) is 51.2 Å². The normalized spacial score (nSPS) is 19.7. The maximum absolute atomic E-state index is 9.32. The van der Waals surface area contributed by atoms with Crippen molar-refractivity contribution in [1.29, 1.82) is 0 Å². The maximum atomic E-state index is 9.32. The number of rotatable bonds is 17. The van der Waals surface area contributed by atoms with E-state index in [9.17, 15) is 5.11 Å². The van der Waals surface area contributed by atoms with Crippen LogP contribution < -0.4 is 9.47 Å². The predicted octanol–water partition coefficient (Wildman–Crippen LogP) is 8.09. The molecule has 0 saturated carbocycles. The van der Waals surface area contributed by atoms with E-state index in [1.165, 1.54) is 107 Å². The van der Waals surface area contributed by atoms with Crippen molar-refractivity contribution in [2.24, 2.45) is 0 Å². The second-order valence-corrected chi connectivity index (χ2v) is 11.4. The number of aryl methyl sites for hydroxylation is 1. The third-order valence-electron chi connectivity index (χ3n) is 8.15. The first-order chi connectivity index (χ1) is 17.1. The third kappa shape index (κ3) is 8.97. The summed E-state index contributed by atoms with van der Waals surface area (Å²) in [5.41, 5.74) is 3.75. The van der Waals surface area contributed by atoms with E-state index in [4.69, 9.17) is 9.47 Å². The molecular formula is C31H53NO3. The van der Waals surface area contributed by atoms with Crippen molar-refractivity contribution in [2.75, 3.05) is 19.9 Å². The topological polar surface area (TPSA) is 41.9 Å². The number of nitrogens with zero attached hydrogens (tertiary/aromatic N) is 1. The molecule has 1 atom stereocenters. The Morgan fingerprint density at radius 1 is 0.886 bits per heavy atom. The average molecular weight is 488 g/mol. The maximum Gasteiger partial charge on any atom is 0.142 e. The Morgan fingerprint density at radius 3 is 2.09 bits per heavy atom. The number of aliphatic hydroxyl groups is 1. The van der Waals surface area contributed by atoms with Crippen LogP contribution in [0.15, 0.2) is 6.07 Å². The Kier molecular flexibility index (Phi) is 12.2. The molecule has 2 heterocycles. The highest BCUT2D eigenvalue weighted by Crippen LogP contribution is 2.44. The molecule has 0 aromatic heterocycles. The minimum absolute atomic E-state index is 0.0521. The molecule has 4 nitrogen and oxygen atoms in total. The van der Waals surface area contributed by atoms with E-state index in [0.717, 1.165) is 37.3 Å². The van der Waals surface area contributed by atoms with Gasteiger partial charge in [-0.2, -0.15) is 0 Å². The second kappa shape index (κ2) is 15.1. The summed E-state index contributed by atoms with van der Waals surface area (Å²) in [5.74, 6) is 2.10. The first-order valence-corrected chi connectivity index (χ1v) is 14.9. The molecule has 1 aromatic carbocycles. The van der Waals surface area contributed by atoms with Crippen LogP contribution in [0.4, 0.5) is 0 Å². The Labute approximate surface area is 215 Å². The van der Waals surface area contributed by atoms with Crippen molar-refractivity contribution in [3.63, 3.8) is 0 Å². The predicted molar refractivity (Wildman–Crippen MR) is 146 cm³/mol. The quantitative estimate of drug-likeness (QED) is 0.225. The van der Waals surface area contributed by atoms with Crippen LogP contribution in [-0.4, -0.2) is 35.5 Å². The van der Waals surface area contributed by atoms with Crippen LogP contribution in [0.3, 0.4) is 0 Å². The summed E-state index contributed by atoms with van der Waals surface area (Å²) in [6.07, 6.45) is 22.9. The largest absolute Gasteiger partial charge is 0.487 e. The van der Waals surface area contributed by atoms with Gasteiger partial charge in [0.15, 0.2) is 0 Å². The van der Waals surface area contributed by atoms with E-state index in [0.29, 0.717) is 13.3 Å². The molecule has 0 fully saturated rings. The van der Waals surface area contributed by atoms with Gasteiger partial charge >= 0.3 is 0 Å². The number of aliphatic hydroxyl groups excluding tert-OH is 1. The number of benzene rings is 1. The van der Waals surface area contributed by atoms with Crippen molar-refractivity contribution in [3.05, 3.63) is 22.8 Å². The fraction of sp³-hybridized carbons (Fsp3) is 0.806. The molecule has 0 radical (unpaired) electrons. The molecule has 0 aliphatic carbocycles. The van der Waals surface area contributed by atoms with Crippen LogP contribution >= 0.6 is 0 Å². The molecule has 0 bridgehead atoms. The fourth-order valence-electron chi connectivity index (χ4n) is 5.85. The SMILES string of the molecule is CCCCCCCCCCCCCCCC[C@]1(C)CCc2c3c(cc(C)c2O1)OCN(CCO)C3. The highest BCUT2D eigenvalue weighted by molar-refractivity contribution is 5.55. The molecule has 0 unspecified atom stereocenters. The molecule has 0 saturated heterocycles. The van der Waals surface area contributed by atoms with Gasteiger partial charge in [-0.3, -0.25) is 4.90 Å². The molecule has 3 rings (SSSR count). The smallest absolute Gasteiger partial charge is 0.142 e. The summed E-state index contributed by atoms with van der Waals surface area (Å²) in [6.45, 7) is 8.98. The van der Waals surface area contributed by atoms with Gasteiger partial charge in [0.2, 0.25) is 0 Å². The number of β-amino-alcohol motifs (C(OH)–C–C–N with tert-alkyl or cyclic N) is 1. The lowest BCUT2D eigenvalue weighted by atomic mass is 9.85. The van der Waals surface area contributed by atoms with E-state index < -0.39 is 0 Å². The van der Waals surface area contributed by atoms with Crippen molar-refractivity contribution in [1.82, 2.24) is 4.90 Å². The second-order valence-electron chi connectivity index (χ2n) is 11.4. The van der Waals surface area contributed by atoms with Gasteiger partial charge in [-0.15, -0.1) is 0 Å². The molecule has 1 aromatic rings. The lowest BCUT2D eigenvalue weighted by Gasteiger charge is -2.39. The van der Waals surface area contributed by atoms with Crippen molar-refractivity contribution >= 4 is 0 Å². The van der Waals surface area contributed by atoms with Crippen molar-refractivity contribution in [2.45, 2.75) is 142 Å². The molecule has 1 N–H and O–H groups in total. The minimum Gasteiger partial charge on any atom is -0.487 e. The number of ether oxygens (including phenoxy) is 2. The van der Waals surface area contributed by atoms with Crippen molar-refractivity contribution < 1.29 is 14.6 Å². The molecular weight excluding hydrogens is 434 g/mol. The van der Waals surface area contributed by atoms with Crippen LogP contribution in [0.2, 0.25) is 0 Å². The zero-order valence-electron chi connectivity index (χ0n) is 23.1. The number of unbranched alkanes of at least 4 members (excludes halogenated alkanes) is 13. The summed E-state index contributed by atoms with van der Waals surface area (Å²) in [6, 6.07) is 2.16. The number of hydrogen-bond donors (Lipinski definition) is 1. The fourth-order valence-corrected chi connectivity index (χ4v) is 5.85. The number of hydrogen-bond acceptors (Lipinski definition) is 4. The molecule has 2 aliphatic rings. The van der Waals surface area contributed by atoms with E-state index in [-0.39, 0.29) is 12.2 Å². The highest BCUT2D eigenvalue weighted by atomic mass is 16.5. The van der Waals surface area contributed by atoms with Gasteiger partial charge in [-0.25, -0.2) is 0 Å². The van der Waals surface area contributed by atoms with Crippen LogP contribution in [-0.2, 0) is 13.0 Å². The lowest BCUT2D eigenvalue weighted by molar-refractivity contribution is 0.0479. The number of fused-ring (bicyclic) bond motifs is 3. The highest BCUT2D eigenvalue weighted by Gasteiger charge is 2.35. The molecule has 0 amide bonds. The summed E-state index contributed by atoms with van der Waals surface area (Å²) >= 11 is 0. The van der Waals surface area contributed by atoms with Crippen LogP contribution in [0.5, 0.6) is 11.5 Å². The monoisotopic (exact) mass is 487 g/mol. The molecule has 200 valence electrons. The minimum atomic E-state index is -0.0521. The summed E-state index contributed by atoms with van der Waals surface area (Å²) in [5, 5.41) is 9.32. The van der Waals surface area contributed by atoms with Gasteiger partial charge in [-0.1, -0.05) is 90.4 Å². The lowest BCUT2D eigenvalue weighted by Crippen LogP contribution is -2.39. The Morgan fingerprint density at radius 2 is 1.49 bits per heavy atom. The van der Waals surface area contributed by atoms with Gasteiger partial charge < -0.3 is 14.6 Å². The summed E-state index contributed by atoms with van der Waals surface area (Å²) in [7, 11) is 0. The zero-order chi connectivity index (χ0) is 24.9. The van der Waals surface area contributed by atoms with E-state index >= 15 is 0 Å². The molecule has 0 spiro atoms. The molecule has 35 heavy (non-hydrogen) atoms. The molecule has 2 aliphatic heterocycles. The first-order valence-electron chi connectivity index (χ1n) is 14.9. The standard InChI is InChI=1S/C31H53NO3/c1-4-5-6-7-8-9-10-11-12-13-14-15-16-17-19-31(3)20-18-27-28-24-32(21-22-33)25-34-29(28)23-26(2)30(27)35-31/h23,33H,4-22,24-25H2,1-3H3/t31-/m1/s1. The van der Waals surface area contributed by atoms with E-state index in [1.54, 1.807) is 0 Å². The molecule has 4 heteroatoms. The van der Waals surface area contributed by atoms with Gasteiger partial charge in [0.25, 0.3) is 0 Å². The zero-order valence-corrected chi connectivity index (χ0v) is 23.1. The van der Waals surface area contributed by atoms with Gasteiger partial charge in [0.1, 0.15) is 23.8 Å². The van der Waals surface area contributed by atoms with E-state index in [1.807, 2.05) is 0 Å². The summed E-state index contributed by atoms with van der Waals surface area (Å²) in [4.78, 5) is 2.17. The van der Waals surface area contributed by atoms with Gasteiger partial charge in [0.05, 0.1) is 6.61 Å². The van der Waals surface area contributed by atoms with Crippen LogP contribution in [0.1, 0.15) is 133 Å². The third-order valence-corrected chi connectivity index (χ3v) is 8.15. The van der Waals surface area contributed by atoms with Crippen molar-refractivity contribution in [3.8, 4) is 11.5 Å². The summed E-state index contributed by atoms with van der Waals surface area (Å²) < 4.78 is 12.7. The first kappa shape index (κ1) is 28.3. The van der Waals surface area contributed by atoms with E-state index in [2.05, 4.69) is 31.7 Å². The average Bonchev–Trinajstić information content (AvgIpc) is 2.85.